The van der Waals surface area contributed by atoms with Gasteiger partial charge in [-0.25, -0.2) is 4.68 Å². The fourth-order valence-electron chi connectivity index (χ4n) is 2.98. The van der Waals surface area contributed by atoms with Crippen molar-refractivity contribution in [1.29, 1.82) is 0 Å². The average molecular weight is 461 g/mol. The first-order chi connectivity index (χ1) is 15.7. The highest BCUT2D eigenvalue weighted by Gasteiger charge is 2.30. The Kier molecular flexibility index (Phi) is 7.37. The van der Waals surface area contributed by atoms with E-state index in [0.29, 0.717) is 11.4 Å². The van der Waals surface area contributed by atoms with Crippen molar-refractivity contribution in [2.75, 3.05) is 13.7 Å². The van der Waals surface area contributed by atoms with E-state index in [1.807, 2.05) is 6.07 Å². The monoisotopic (exact) mass is 461 g/mol. The van der Waals surface area contributed by atoms with Gasteiger partial charge in [0.15, 0.2) is 6.10 Å². The molecular formula is C23H22F3N3O4. The third-order valence-electron chi connectivity index (χ3n) is 4.70. The summed E-state index contributed by atoms with van der Waals surface area (Å²) >= 11 is 0. The van der Waals surface area contributed by atoms with Gasteiger partial charge in [-0.15, -0.1) is 0 Å². The number of amides is 1. The summed E-state index contributed by atoms with van der Waals surface area (Å²) in [4.78, 5) is 24.4. The molecule has 1 atom stereocenters. The Morgan fingerprint density at radius 2 is 1.82 bits per heavy atom. The van der Waals surface area contributed by atoms with Gasteiger partial charge in [0, 0.05) is 18.2 Å². The van der Waals surface area contributed by atoms with Gasteiger partial charge in [0.05, 0.1) is 24.9 Å². The third-order valence-corrected chi connectivity index (χ3v) is 4.70. The molecule has 0 saturated heterocycles. The lowest BCUT2D eigenvalue weighted by Gasteiger charge is -2.16. The summed E-state index contributed by atoms with van der Waals surface area (Å²) < 4.78 is 50.2. The van der Waals surface area contributed by atoms with Crippen LogP contribution in [0.3, 0.4) is 0 Å². The summed E-state index contributed by atoms with van der Waals surface area (Å²) in [6.45, 7) is 1.59. The van der Waals surface area contributed by atoms with Gasteiger partial charge in [0.25, 0.3) is 11.5 Å². The number of ether oxygens (including phenoxy) is 2. The first kappa shape index (κ1) is 23.8. The molecule has 3 rings (SSSR count). The molecule has 1 heterocycles. The first-order valence-electron chi connectivity index (χ1n) is 10.0. The summed E-state index contributed by atoms with van der Waals surface area (Å²) in [5, 5.41) is 6.91. The summed E-state index contributed by atoms with van der Waals surface area (Å²) in [5.74, 6) is 0.0369. The predicted molar refractivity (Wildman–Crippen MR) is 115 cm³/mol. The van der Waals surface area contributed by atoms with E-state index in [0.717, 1.165) is 17.7 Å². The Hall–Kier alpha value is -3.82. The zero-order valence-electron chi connectivity index (χ0n) is 17.9. The number of benzene rings is 2. The van der Waals surface area contributed by atoms with Gasteiger partial charge in [-0.3, -0.25) is 9.59 Å². The molecule has 1 N–H and O–H groups in total. The van der Waals surface area contributed by atoms with E-state index in [2.05, 4.69) is 10.4 Å². The molecule has 0 saturated carbocycles. The maximum absolute atomic E-state index is 12.8. The van der Waals surface area contributed by atoms with Crippen LogP contribution >= 0.6 is 0 Å². The lowest BCUT2D eigenvalue weighted by Crippen LogP contribution is -2.39. The van der Waals surface area contributed by atoms with Crippen LogP contribution in [-0.2, 0) is 17.5 Å². The van der Waals surface area contributed by atoms with Crippen LogP contribution in [-0.4, -0.2) is 35.4 Å². The summed E-state index contributed by atoms with van der Waals surface area (Å²) in [7, 11) is 1.55. The Labute approximate surface area is 187 Å². The Morgan fingerprint density at radius 3 is 2.55 bits per heavy atom. The van der Waals surface area contributed by atoms with Gasteiger partial charge in [0.2, 0.25) is 0 Å². The maximum Gasteiger partial charge on any atom is 0.416 e. The number of halogens is 3. The van der Waals surface area contributed by atoms with Crippen LogP contribution in [0.5, 0.6) is 11.5 Å². The van der Waals surface area contributed by atoms with Crippen LogP contribution in [0.25, 0.3) is 11.3 Å². The van der Waals surface area contributed by atoms with Crippen molar-refractivity contribution in [2.24, 2.45) is 0 Å². The second kappa shape index (κ2) is 10.2. The number of nitrogens with one attached hydrogen (secondary N) is 1. The summed E-state index contributed by atoms with van der Waals surface area (Å²) in [5.41, 5.74) is 0.106. The number of rotatable bonds is 8. The molecule has 0 aliphatic rings. The molecule has 3 aromatic rings. The van der Waals surface area contributed by atoms with E-state index in [9.17, 15) is 22.8 Å². The average Bonchev–Trinajstić information content (AvgIpc) is 2.79. The smallest absolute Gasteiger partial charge is 0.416 e. The lowest BCUT2D eigenvalue weighted by atomic mass is 10.1. The van der Waals surface area contributed by atoms with Crippen LogP contribution < -0.4 is 20.3 Å². The first-order valence-corrected chi connectivity index (χ1v) is 10.0. The second-order valence-corrected chi connectivity index (χ2v) is 7.09. The van der Waals surface area contributed by atoms with Crippen molar-refractivity contribution in [3.05, 3.63) is 76.6 Å². The van der Waals surface area contributed by atoms with Crippen molar-refractivity contribution in [3.63, 3.8) is 0 Å². The van der Waals surface area contributed by atoms with E-state index in [1.165, 1.54) is 29.8 Å². The minimum Gasteiger partial charge on any atom is -0.497 e. The number of hydrogen-bond acceptors (Lipinski definition) is 5. The number of nitrogens with zero attached hydrogens (tertiary/aromatic N) is 2. The Balaban J connectivity index is 1.59. The van der Waals surface area contributed by atoms with E-state index >= 15 is 0 Å². The van der Waals surface area contributed by atoms with Crippen molar-refractivity contribution in [1.82, 2.24) is 15.1 Å². The Bertz CT molecular complexity index is 1180. The zero-order valence-corrected chi connectivity index (χ0v) is 17.9. The van der Waals surface area contributed by atoms with Crippen LogP contribution in [0, 0.1) is 0 Å². The fraction of sp³-hybridized carbons (Fsp3) is 0.261. The molecule has 0 aliphatic heterocycles. The minimum absolute atomic E-state index is 0.0728. The number of hydrogen-bond donors (Lipinski definition) is 1. The van der Waals surface area contributed by atoms with Crippen LogP contribution in [0.15, 0.2) is 65.5 Å². The van der Waals surface area contributed by atoms with Gasteiger partial charge in [-0.2, -0.15) is 18.3 Å². The van der Waals surface area contributed by atoms with Crippen LogP contribution in [0.4, 0.5) is 13.2 Å². The van der Waals surface area contributed by atoms with Gasteiger partial charge in [-0.05, 0) is 43.3 Å². The van der Waals surface area contributed by atoms with Crippen molar-refractivity contribution >= 4 is 5.91 Å². The lowest BCUT2D eigenvalue weighted by molar-refractivity contribution is -0.137. The molecule has 0 aliphatic carbocycles. The van der Waals surface area contributed by atoms with E-state index < -0.39 is 23.8 Å². The molecule has 0 fully saturated rings. The fourth-order valence-corrected chi connectivity index (χ4v) is 2.98. The molecule has 174 valence electrons. The maximum atomic E-state index is 12.8. The number of alkyl halides is 3. The highest BCUT2D eigenvalue weighted by atomic mass is 19.4. The molecule has 1 aromatic heterocycles. The van der Waals surface area contributed by atoms with Gasteiger partial charge < -0.3 is 14.8 Å². The quantitative estimate of drug-likeness (QED) is 0.555. The molecule has 7 nitrogen and oxygen atoms in total. The summed E-state index contributed by atoms with van der Waals surface area (Å²) in [6, 6.07) is 14.5. The molecule has 33 heavy (non-hydrogen) atoms. The number of carbonyl (C=O) groups is 1. The second-order valence-electron chi connectivity index (χ2n) is 7.09. The van der Waals surface area contributed by atoms with Gasteiger partial charge >= 0.3 is 6.18 Å². The standard InChI is InChI=1S/C23H22F3N3O4/c1-15(33-19-8-4-6-17(14-19)23(24,25)26)22(31)27-11-12-29-21(30)10-9-20(28-29)16-5-3-7-18(13-16)32-2/h3-10,13-15H,11-12H2,1-2H3,(H,27,31). The highest BCUT2D eigenvalue weighted by Crippen LogP contribution is 2.31. The zero-order chi connectivity index (χ0) is 24.0. The van der Waals surface area contributed by atoms with E-state index in [4.69, 9.17) is 9.47 Å². The van der Waals surface area contributed by atoms with E-state index in [1.54, 1.807) is 31.4 Å². The third kappa shape index (κ3) is 6.34. The SMILES string of the molecule is COc1cccc(-c2ccc(=O)n(CCNC(=O)C(C)Oc3cccc(C(F)(F)F)c3)n2)c1. The normalized spacial score (nSPS) is 12.2. The molecule has 0 radical (unpaired) electrons. The van der Waals surface area contributed by atoms with E-state index in [-0.39, 0.29) is 24.4 Å². The van der Waals surface area contributed by atoms with Crippen LogP contribution in [0.2, 0.25) is 0 Å². The van der Waals surface area contributed by atoms with Crippen LogP contribution in [0.1, 0.15) is 12.5 Å². The molecule has 2 aromatic carbocycles. The molecule has 1 unspecified atom stereocenters. The molecule has 0 spiro atoms. The molecule has 1 amide bonds. The highest BCUT2D eigenvalue weighted by molar-refractivity contribution is 5.80. The number of aromatic nitrogens is 2. The number of methoxy groups -OCH3 is 1. The number of carbonyl (C=O) groups excluding carboxylic acids is 1. The Morgan fingerprint density at radius 1 is 1.09 bits per heavy atom. The molecule has 0 bridgehead atoms. The molecule has 10 heteroatoms. The topological polar surface area (TPSA) is 82.5 Å². The van der Waals surface area contributed by atoms with Gasteiger partial charge in [0.1, 0.15) is 11.5 Å². The van der Waals surface area contributed by atoms with Crippen molar-refractivity contribution in [2.45, 2.75) is 25.7 Å². The van der Waals surface area contributed by atoms with Crippen molar-refractivity contribution < 1.29 is 27.4 Å². The largest absolute Gasteiger partial charge is 0.497 e. The molecular weight excluding hydrogens is 439 g/mol. The minimum atomic E-state index is -4.51. The van der Waals surface area contributed by atoms with Gasteiger partial charge in [-0.1, -0.05) is 18.2 Å². The summed E-state index contributed by atoms with van der Waals surface area (Å²) in [6.07, 6.45) is -5.55. The van der Waals surface area contributed by atoms with Crippen molar-refractivity contribution in [3.8, 4) is 22.8 Å². The predicted octanol–water partition coefficient (Wildman–Crippen LogP) is 3.52.